The lowest BCUT2D eigenvalue weighted by atomic mass is 10.2. The number of aliphatic hydroxyl groups excluding tert-OH is 1. The van der Waals surface area contributed by atoms with Gasteiger partial charge in [-0.3, -0.25) is 0 Å². The maximum Gasteiger partial charge on any atom is 0.345 e. The van der Waals surface area contributed by atoms with E-state index in [1.165, 1.54) is 0 Å². The van der Waals surface area contributed by atoms with E-state index < -0.39 is 11.7 Å². The zero-order chi connectivity index (χ0) is 8.72. The van der Waals surface area contributed by atoms with Gasteiger partial charge in [0.1, 0.15) is 29.8 Å². The molecule has 1 N–H and O–H groups in total. The van der Waals surface area contributed by atoms with E-state index in [1.54, 1.807) is 13.0 Å². The van der Waals surface area contributed by atoms with Crippen molar-refractivity contribution >= 4 is 0 Å². The summed E-state index contributed by atoms with van der Waals surface area (Å²) in [6.45, 7) is 1.80. The minimum absolute atomic E-state index is 0.142. The van der Waals surface area contributed by atoms with Crippen LogP contribution in [0.5, 0.6) is 5.75 Å². The number of rotatable bonds is 0. The van der Waals surface area contributed by atoms with E-state index in [2.05, 4.69) is 0 Å². The average Bonchev–Trinajstić information content (AvgIpc) is 2.31. The third kappa shape index (κ3) is 0.921. The first-order chi connectivity index (χ1) is 5.68. The Morgan fingerprint density at radius 2 is 2.42 bits per heavy atom. The van der Waals surface area contributed by atoms with Crippen LogP contribution in [0, 0.1) is 6.92 Å². The molecule has 64 valence electrons. The molecule has 0 aromatic carbocycles. The Balaban J connectivity index is 2.69. The Bertz CT molecular complexity index is 366. The van der Waals surface area contributed by atoms with Gasteiger partial charge in [-0.2, -0.15) is 0 Å². The molecule has 1 atom stereocenters. The highest BCUT2D eigenvalue weighted by molar-refractivity contribution is 5.36. The van der Waals surface area contributed by atoms with Crippen LogP contribution in [-0.4, -0.2) is 11.7 Å². The summed E-state index contributed by atoms with van der Waals surface area (Å²) in [6.07, 6.45) is -0.836. The molecule has 0 spiro atoms. The molecule has 0 aliphatic carbocycles. The smallest absolute Gasteiger partial charge is 0.345 e. The maximum absolute atomic E-state index is 11.1. The molecule has 0 amide bonds. The third-order valence-electron chi connectivity index (χ3n) is 1.80. The van der Waals surface area contributed by atoms with Crippen molar-refractivity contribution in [3.63, 3.8) is 0 Å². The molecular weight excluding hydrogens is 160 g/mol. The van der Waals surface area contributed by atoms with Gasteiger partial charge in [0, 0.05) is 6.07 Å². The van der Waals surface area contributed by atoms with Crippen LogP contribution in [0.3, 0.4) is 0 Å². The Morgan fingerprint density at radius 1 is 1.67 bits per heavy atom. The lowest BCUT2D eigenvalue weighted by Crippen LogP contribution is -2.09. The lowest BCUT2D eigenvalue weighted by Gasteiger charge is -1.97. The van der Waals surface area contributed by atoms with Crippen molar-refractivity contribution in [2.45, 2.75) is 13.0 Å². The number of ether oxygens (including phenoxy) is 1. The van der Waals surface area contributed by atoms with Crippen LogP contribution in [0.15, 0.2) is 15.3 Å². The van der Waals surface area contributed by atoms with Crippen LogP contribution in [0.2, 0.25) is 0 Å². The van der Waals surface area contributed by atoms with E-state index in [0.29, 0.717) is 11.5 Å². The van der Waals surface area contributed by atoms with Gasteiger partial charge in [0.05, 0.1) is 0 Å². The highest BCUT2D eigenvalue weighted by Crippen LogP contribution is 2.29. The minimum atomic E-state index is -0.836. The van der Waals surface area contributed by atoms with Crippen LogP contribution >= 0.6 is 0 Å². The molecule has 0 saturated carbocycles. The maximum atomic E-state index is 11.1. The summed E-state index contributed by atoms with van der Waals surface area (Å²) < 4.78 is 9.86. The standard InChI is InChI=1S/C8H8O4/c1-4-2-6-7(8(10)12-4)5(9)3-11-6/h2,5,9H,3H2,1H3. The Labute approximate surface area is 68.4 Å². The largest absolute Gasteiger partial charge is 0.490 e. The molecular formula is C8H8O4. The summed E-state index contributed by atoms with van der Waals surface area (Å²) in [5, 5.41) is 9.27. The van der Waals surface area contributed by atoms with E-state index >= 15 is 0 Å². The van der Waals surface area contributed by atoms with E-state index in [9.17, 15) is 9.90 Å². The molecule has 1 aliphatic heterocycles. The van der Waals surface area contributed by atoms with Crippen molar-refractivity contribution < 1.29 is 14.3 Å². The van der Waals surface area contributed by atoms with Crippen molar-refractivity contribution in [3.8, 4) is 5.75 Å². The van der Waals surface area contributed by atoms with Gasteiger partial charge in [0.2, 0.25) is 0 Å². The van der Waals surface area contributed by atoms with Gasteiger partial charge in [-0.15, -0.1) is 0 Å². The molecule has 4 heteroatoms. The molecule has 12 heavy (non-hydrogen) atoms. The van der Waals surface area contributed by atoms with Gasteiger partial charge < -0.3 is 14.3 Å². The monoisotopic (exact) mass is 168 g/mol. The Hall–Kier alpha value is -1.29. The fourth-order valence-corrected chi connectivity index (χ4v) is 1.27. The zero-order valence-electron chi connectivity index (χ0n) is 6.53. The normalized spacial score (nSPS) is 20.3. The summed E-state index contributed by atoms with van der Waals surface area (Å²) >= 11 is 0. The second-order valence-corrected chi connectivity index (χ2v) is 2.75. The first kappa shape index (κ1) is 7.36. The average molecular weight is 168 g/mol. The number of hydrogen-bond donors (Lipinski definition) is 1. The summed E-state index contributed by atoms with van der Waals surface area (Å²) in [5.74, 6) is 0.934. The van der Waals surface area contributed by atoms with Crippen LogP contribution in [0.1, 0.15) is 17.4 Å². The molecule has 1 aromatic rings. The fraction of sp³-hybridized carbons (Fsp3) is 0.375. The highest BCUT2D eigenvalue weighted by atomic mass is 16.5. The molecule has 1 unspecified atom stereocenters. The minimum Gasteiger partial charge on any atom is -0.490 e. The summed E-state index contributed by atoms with van der Waals surface area (Å²) in [7, 11) is 0. The number of aryl methyl sites for hydroxylation is 1. The SMILES string of the molecule is Cc1cc2c(c(=O)o1)C(O)CO2. The van der Waals surface area contributed by atoms with Crippen LogP contribution < -0.4 is 10.4 Å². The molecule has 0 radical (unpaired) electrons. The van der Waals surface area contributed by atoms with E-state index in [4.69, 9.17) is 9.15 Å². The molecule has 2 heterocycles. The molecule has 1 aromatic heterocycles. The van der Waals surface area contributed by atoms with E-state index in [0.717, 1.165) is 0 Å². The van der Waals surface area contributed by atoms with Crippen molar-refractivity contribution in [2.75, 3.05) is 6.61 Å². The van der Waals surface area contributed by atoms with Gasteiger partial charge in [-0.1, -0.05) is 0 Å². The number of aliphatic hydroxyl groups is 1. The zero-order valence-corrected chi connectivity index (χ0v) is 6.53. The summed E-state index contributed by atoms with van der Waals surface area (Å²) in [4.78, 5) is 11.1. The molecule has 0 saturated heterocycles. The molecule has 0 bridgehead atoms. The fourth-order valence-electron chi connectivity index (χ4n) is 1.27. The molecule has 0 fully saturated rings. The molecule has 2 rings (SSSR count). The summed E-state index contributed by atoms with van der Waals surface area (Å²) in [6, 6.07) is 1.60. The van der Waals surface area contributed by atoms with Crippen molar-refractivity contribution in [2.24, 2.45) is 0 Å². The Kier molecular flexibility index (Phi) is 1.44. The Morgan fingerprint density at radius 3 is 3.17 bits per heavy atom. The van der Waals surface area contributed by atoms with Crippen LogP contribution in [0.4, 0.5) is 0 Å². The lowest BCUT2D eigenvalue weighted by molar-refractivity contribution is 0.139. The highest BCUT2D eigenvalue weighted by Gasteiger charge is 2.26. The van der Waals surface area contributed by atoms with Crippen molar-refractivity contribution in [1.29, 1.82) is 0 Å². The van der Waals surface area contributed by atoms with Gasteiger partial charge >= 0.3 is 5.63 Å². The van der Waals surface area contributed by atoms with Gasteiger partial charge in [-0.05, 0) is 6.92 Å². The topological polar surface area (TPSA) is 59.7 Å². The van der Waals surface area contributed by atoms with Gasteiger partial charge in [0.15, 0.2) is 0 Å². The first-order valence-corrected chi connectivity index (χ1v) is 3.64. The third-order valence-corrected chi connectivity index (χ3v) is 1.80. The number of fused-ring (bicyclic) bond motifs is 1. The van der Waals surface area contributed by atoms with E-state index in [1.807, 2.05) is 0 Å². The van der Waals surface area contributed by atoms with Crippen LogP contribution in [-0.2, 0) is 0 Å². The molecule has 1 aliphatic rings. The predicted molar refractivity (Wildman–Crippen MR) is 40.2 cm³/mol. The van der Waals surface area contributed by atoms with Crippen molar-refractivity contribution in [1.82, 2.24) is 0 Å². The second-order valence-electron chi connectivity index (χ2n) is 2.75. The second kappa shape index (κ2) is 2.35. The van der Waals surface area contributed by atoms with Crippen molar-refractivity contribution in [3.05, 3.63) is 27.8 Å². The quantitative estimate of drug-likeness (QED) is 0.608. The van der Waals surface area contributed by atoms with Gasteiger partial charge in [0.25, 0.3) is 0 Å². The predicted octanol–water partition coefficient (Wildman–Crippen LogP) is 0.374. The van der Waals surface area contributed by atoms with Crippen LogP contribution in [0.25, 0.3) is 0 Å². The van der Waals surface area contributed by atoms with Gasteiger partial charge in [-0.25, -0.2) is 4.79 Å². The van der Waals surface area contributed by atoms with E-state index in [-0.39, 0.29) is 12.2 Å². The first-order valence-electron chi connectivity index (χ1n) is 3.64. The number of hydrogen-bond acceptors (Lipinski definition) is 4. The molecule has 4 nitrogen and oxygen atoms in total. The summed E-state index contributed by atoms with van der Waals surface area (Å²) in [5.41, 5.74) is -0.268.